The average molecular weight is 354 g/mol. The van der Waals surface area contributed by atoms with Gasteiger partial charge in [-0.25, -0.2) is 18.7 Å². The highest BCUT2D eigenvalue weighted by atomic mass is 19.2. The van der Waals surface area contributed by atoms with Gasteiger partial charge in [0.25, 0.3) is 5.85 Å². The number of aryl methyl sites for hydroxylation is 1. The molecule has 10 heteroatoms. The highest BCUT2D eigenvalue weighted by Gasteiger charge is 2.66. The third kappa shape index (κ3) is 2.43. The Balaban J connectivity index is 2.18. The molecule has 0 amide bonds. The summed E-state index contributed by atoms with van der Waals surface area (Å²) in [6, 6.07) is 0. The second-order valence-corrected chi connectivity index (χ2v) is 5.56. The first-order valence-corrected chi connectivity index (χ1v) is 7.47. The van der Waals surface area contributed by atoms with Crippen LogP contribution in [0.25, 0.3) is 11.2 Å². The molecule has 0 spiro atoms. The predicted molar refractivity (Wildman–Crippen MR) is 81.0 cm³/mol. The van der Waals surface area contributed by atoms with Crippen molar-refractivity contribution in [2.45, 2.75) is 37.7 Å². The second kappa shape index (κ2) is 5.87. The van der Waals surface area contributed by atoms with Crippen LogP contribution >= 0.6 is 0 Å². The van der Waals surface area contributed by atoms with Gasteiger partial charge in [0.05, 0.1) is 12.9 Å². The van der Waals surface area contributed by atoms with Crippen molar-refractivity contribution in [2.24, 2.45) is 0 Å². The van der Waals surface area contributed by atoms with Crippen LogP contribution in [0, 0.1) is 19.3 Å². The lowest BCUT2D eigenvalue weighted by Gasteiger charge is -2.23. The van der Waals surface area contributed by atoms with Crippen molar-refractivity contribution in [3.63, 3.8) is 0 Å². The third-order valence-corrected chi connectivity index (χ3v) is 3.94. The summed E-state index contributed by atoms with van der Waals surface area (Å²) >= 11 is 0. The number of hydrogen-bond acceptors (Lipinski definition) is 7. The summed E-state index contributed by atoms with van der Waals surface area (Å²) in [4.78, 5) is 12.3. The minimum atomic E-state index is -3.06. The lowest BCUT2D eigenvalue weighted by molar-refractivity contribution is -0.206. The van der Waals surface area contributed by atoms with E-state index in [1.165, 1.54) is 0 Å². The summed E-state index contributed by atoms with van der Waals surface area (Å²) in [7, 11) is 0. The number of hydrogen-bond donors (Lipinski definition) is 2. The molecule has 8 nitrogen and oxygen atoms in total. The molecule has 1 aliphatic heterocycles. The Bertz CT molecular complexity index is 854. The van der Waals surface area contributed by atoms with E-state index in [1.54, 1.807) is 19.8 Å². The van der Waals surface area contributed by atoms with Crippen LogP contribution in [0.1, 0.15) is 19.0 Å². The summed E-state index contributed by atoms with van der Waals surface area (Å²) in [5, 5.41) is 19.1. The Morgan fingerprint density at radius 3 is 2.80 bits per heavy atom. The summed E-state index contributed by atoms with van der Waals surface area (Å²) in [5.74, 6) is -0.873. The summed E-state index contributed by atoms with van der Waals surface area (Å²) in [6.45, 7) is 2.37. The third-order valence-electron chi connectivity index (χ3n) is 3.94. The normalized spacial score (nSPS) is 32.0. The summed E-state index contributed by atoms with van der Waals surface area (Å²) in [5.41, 5.74) is -2.66. The van der Waals surface area contributed by atoms with E-state index in [1.807, 2.05) is 0 Å². The first kappa shape index (κ1) is 17.5. The quantitative estimate of drug-likeness (QED) is 0.767. The SMILES string of the molecule is C#C[C@]1(F)[C@H](n2cnc3c(OCC)nc(C)nc32)O[C@](F)(CO)[C@H]1O. The molecule has 4 atom stereocenters. The van der Waals surface area contributed by atoms with Crippen LogP contribution in [0.4, 0.5) is 8.78 Å². The monoisotopic (exact) mass is 354 g/mol. The van der Waals surface area contributed by atoms with E-state index in [0.717, 1.165) is 10.9 Å². The summed E-state index contributed by atoms with van der Waals surface area (Å²) in [6.07, 6.45) is 2.12. The molecule has 2 aromatic rings. The van der Waals surface area contributed by atoms with Gasteiger partial charge in [0, 0.05) is 0 Å². The van der Waals surface area contributed by atoms with E-state index < -0.39 is 30.5 Å². The van der Waals surface area contributed by atoms with Crippen molar-refractivity contribution in [3.05, 3.63) is 12.2 Å². The Labute approximate surface area is 141 Å². The highest BCUT2D eigenvalue weighted by molar-refractivity contribution is 5.76. The molecule has 3 heterocycles. The number of rotatable bonds is 4. The first-order valence-electron chi connectivity index (χ1n) is 7.47. The van der Waals surface area contributed by atoms with Gasteiger partial charge in [0.15, 0.2) is 23.5 Å². The molecule has 1 saturated heterocycles. The zero-order chi connectivity index (χ0) is 18.4. The van der Waals surface area contributed by atoms with Crippen LogP contribution in [-0.2, 0) is 4.74 Å². The smallest absolute Gasteiger partial charge is 0.264 e. The van der Waals surface area contributed by atoms with Crippen molar-refractivity contribution in [1.82, 2.24) is 19.5 Å². The minimum Gasteiger partial charge on any atom is -0.476 e. The zero-order valence-electron chi connectivity index (χ0n) is 13.5. The maximum atomic E-state index is 15.1. The van der Waals surface area contributed by atoms with Gasteiger partial charge in [-0.3, -0.25) is 4.57 Å². The molecule has 2 N–H and O–H groups in total. The Morgan fingerprint density at radius 1 is 1.48 bits per heavy atom. The largest absolute Gasteiger partial charge is 0.476 e. The number of aliphatic hydroxyl groups excluding tert-OH is 2. The van der Waals surface area contributed by atoms with E-state index in [0.29, 0.717) is 12.4 Å². The molecule has 2 aromatic heterocycles. The number of ether oxygens (including phenoxy) is 2. The maximum Gasteiger partial charge on any atom is 0.264 e. The number of aromatic nitrogens is 4. The van der Waals surface area contributed by atoms with E-state index >= 15 is 4.39 Å². The van der Waals surface area contributed by atoms with Gasteiger partial charge < -0.3 is 19.7 Å². The van der Waals surface area contributed by atoms with E-state index in [-0.39, 0.29) is 17.0 Å². The van der Waals surface area contributed by atoms with Gasteiger partial charge in [-0.1, -0.05) is 5.92 Å². The molecular weight excluding hydrogens is 338 g/mol. The maximum absolute atomic E-state index is 15.1. The molecule has 25 heavy (non-hydrogen) atoms. The number of aliphatic hydroxyl groups is 2. The molecule has 0 saturated carbocycles. The van der Waals surface area contributed by atoms with E-state index in [9.17, 15) is 9.50 Å². The number of fused-ring (bicyclic) bond motifs is 1. The van der Waals surface area contributed by atoms with Gasteiger partial charge in [-0.15, -0.1) is 6.42 Å². The van der Waals surface area contributed by atoms with E-state index in [2.05, 4.69) is 15.0 Å². The van der Waals surface area contributed by atoms with Crippen LogP contribution in [-0.4, -0.2) is 60.6 Å². The van der Waals surface area contributed by atoms with Crippen molar-refractivity contribution in [2.75, 3.05) is 13.2 Å². The van der Waals surface area contributed by atoms with Crippen molar-refractivity contribution < 1.29 is 28.5 Å². The fourth-order valence-electron chi connectivity index (χ4n) is 2.72. The highest BCUT2D eigenvalue weighted by Crippen LogP contribution is 2.48. The predicted octanol–water partition coefficient (Wildman–Crippen LogP) is 0.423. The number of terminal acetylenes is 1. The van der Waals surface area contributed by atoms with Gasteiger partial charge in [-0.2, -0.15) is 4.98 Å². The van der Waals surface area contributed by atoms with Crippen molar-refractivity contribution in [1.29, 1.82) is 0 Å². The van der Waals surface area contributed by atoms with Gasteiger partial charge in [0.2, 0.25) is 11.5 Å². The molecule has 1 fully saturated rings. The number of imidazole rings is 1. The van der Waals surface area contributed by atoms with Gasteiger partial charge in [0.1, 0.15) is 12.4 Å². The molecule has 0 aliphatic carbocycles. The fourth-order valence-corrected chi connectivity index (χ4v) is 2.72. The molecule has 0 aromatic carbocycles. The average Bonchev–Trinajstić information content (AvgIpc) is 3.09. The number of nitrogens with zero attached hydrogens (tertiary/aromatic N) is 4. The Hall–Kier alpha value is -2.35. The lowest BCUT2D eigenvalue weighted by atomic mass is 9.96. The van der Waals surface area contributed by atoms with Gasteiger partial charge >= 0.3 is 0 Å². The molecule has 134 valence electrons. The first-order chi connectivity index (χ1) is 11.8. The van der Waals surface area contributed by atoms with Crippen LogP contribution in [0.3, 0.4) is 0 Å². The lowest BCUT2D eigenvalue weighted by Crippen LogP contribution is -2.47. The Morgan fingerprint density at radius 2 is 2.20 bits per heavy atom. The van der Waals surface area contributed by atoms with E-state index in [4.69, 9.17) is 21.0 Å². The van der Waals surface area contributed by atoms with Crippen LogP contribution in [0.15, 0.2) is 6.33 Å². The van der Waals surface area contributed by atoms with Crippen LogP contribution in [0.2, 0.25) is 0 Å². The van der Waals surface area contributed by atoms with Gasteiger partial charge in [-0.05, 0) is 13.8 Å². The Kier molecular flexibility index (Phi) is 4.10. The molecule has 1 aliphatic rings. The standard InChI is InChI=1S/C15H16F2N4O4/c1-4-14(16)12(23)15(17,6-22)25-13(14)21-7-18-9-10(21)19-8(3)20-11(9)24-5-2/h1,7,12-13,22-23H,5-6H2,2-3H3/t12-,13+,14+,15+/m0/s1. The van der Waals surface area contributed by atoms with Crippen LogP contribution < -0.4 is 4.74 Å². The molecular formula is C15H16F2N4O4. The molecule has 0 bridgehead atoms. The number of alkyl halides is 2. The summed E-state index contributed by atoms with van der Waals surface area (Å²) < 4.78 is 41.0. The van der Waals surface area contributed by atoms with Crippen molar-refractivity contribution >= 4 is 11.2 Å². The van der Waals surface area contributed by atoms with Crippen molar-refractivity contribution in [3.8, 4) is 18.2 Å². The fraction of sp³-hybridized carbons (Fsp3) is 0.533. The van der Waals surface area contributed by atoms with Crippen LogP contribution in [0.5, 0.6) is 5.88 Å². The second-order valence-electron chi connectivity index (χ2n) is 5.56. The molecule has 0 unspecified atom stereocenters. The zero-order valence-corrected chi connectivity index (χ0v) is 13.5. The topological polar surface area (TPSA) is 103 Å². The molecule has 3 rings (SSSR count). The minimum absolute atomic E-state index is 0.0904. The number of halogens is 2. The molecule has 0 radical (unpaired) electrons.